The number of nitrogen functional groups attached to an aromatic ring is 1. The standard InChI is InChI=1S/C15H16N4OS/c1-2-20-9-15-18-13(16)8-14(19-15)17-11-3-4-12-10(7-11)5-6-21-12/h3-8H,2,9H2,1H3,(H3,16,17,18,19). The van der Waals surface area contributed by atoms with E-state index >= 15 is 0 Å². The minimum atomic E-state index is 0.361. The molecule has 0 aliphatic heterocycles. The molecule has 0 radical (unpaired) electrons. The Kier molecular flexibility index (Phi) is 3.98. The van der Waals surface area contributed by atoms with E-state index in [9.17, 15) is 0 Å². The number of rotatable bonds is 5. The molecule has 0 saturated carbocycles. The van der Waals surface area contributed by atoms with Crippen LogP contribution in [0.3, 0.4) is 0 Å². The van der Waals surface area contributed by atoms with Crippen LogP contribution in [-0.2, 0) is 11.3 Å². The van der Waals surface area contributed by atoms with Crippen LogP contribution in [0.5, 0.6) is 0 Å². The number of nitrogens with two attached hydrogens (primary N) is 1. The minimum Gasteiger partial charge on any atom is -0.384 e. The molecule has 2 aromatic heterocycles. The van der Waals surface area contributed by atoms with E-state index in [1.165, 1.54) is 10.1 Å². The molecule has 5 nitrogen and oxygen atoms in total. The van der Waals surface area contributed by atoms with Crippen molar-refractivity contribution in [3.63, 3.8) is 0 Å². The van der Waals surface area contributed by atoms with Crippen molar-refractivity contribution >= 4 is 38.7 Å². The second-order valence-corrected chi connectivity index (χ2v) is 5.48. The number of fused-ring (bicyclic) bond motifs is 1. The molecular formula is C15H16N4OS. The second-order valence-electron chi connectivity index (χ2n) is 4.53. The van der Waals surface area contributed by atoms with Gasteiger partial charge in [-0.15, -0.1) is 11.3 Å². The Bertz CT molecular complexity index is 756. The van der Waals surface area contributed by atoms with Gasteiger partial charge in [-0.3, -0.25) is 0 Å². The van der Waals surface area contributed by atoms with E-state index in [1.54, 1.807) is 17.4 Å². The lowest BCUT2D eigenvalue weighted by Gasteiger charge is -2.08. The van der Waals surface area contributed by atoms with Gasteiger partial charge >= 0.3 is 0 Å². The molecule has 21 heavy (non-hydrogen) atoms. The van der Waals surface area contributed by atoms with Crippen molar-refractivity contribution in [3.05, 3.63) is 41.5 Å². The van der Waals surface area contributed by atoms with Crippen LogP contribution in [0.1, 0.15) is 12.7 Å². The SMILES string of the molecule is CCOCc1nc(N)cc(Nc2ccc3sccc3c2)n1. The monoisotopic (exact) mass is 300 g/mol. The van der Waals surface area contributed by atoms with E-state index in [4.69, 9.17) is 10.5 Å². The summed E-state index contributed by atoms with van der Waals surface area (Å²) in [6.07, 6.45) is 0. The number of thiophene rings is 1. The van der Waals surface area contributed by atoms with E-state index in [0.717, 1.165) is 5.69 Å². The molecule has 2 heterocycles. The highest BCUT2D eigenvalue weighted by Gasteiger charge is 2.04. The number of hydrogen-bond acceptors (Lipinski definition) is 6. The Morgan fingerprint density at radius 3 is 3.00 bits per heavy atom. The maximum Gasteiger partial charge on any atom is 0.158 e. The summed E-state index contributed by atoms with van der Waals surface area (Å²) < 4.78 is 6.58. The van der Waals surface area contributed by atoms with Crippen molar-refractivity contribution in [3.8, 4) is 0 Å². The Hall–Kier alpha value is -2.18. The maximum atomic E-state index is 5.81. The van der Waals surface area contributed by atoms with Crippen LogP contribution in [0.2, 0.25) is 0 Å². The summed E-state index contributed by atoms with van der Waals surface area (Å²) in [5, 5.41) is 6.55. The minimum absolute atomic E-state index is 0.361. The molecule has 3 rings (SSSR count). The molecule has 0 fully saturated rings. The van der Waals surface area contributed by atoms with Gasteiger partial charge in [0.05, 0.1) is 0 Å². The third-order valence-corrected chi connectivity index (χ3v) is 3.85. The summed E-state index contributed by atoms with van der Waals surface area (Å²) >= 11 is 1.73. The number of ether oxygens (including phenoxy) is 1. The summed E-state index contributed by atoms with van der Waals surface area (Å²) in [5.74, 6) is 1.68. The van der Waals surface area contributed by atoms with Gasteiger partial charge in [-0.2, -0.15) is 0 Å². The molecule has 1 aromatic carbocycles. The van der Waals surface area contributed by atoms with Crippen LogP contribution in [0.4, 0.5) is 17.3 Å². The van der Waals surface area contributed by atoms with E-state index < -0.39 is 0 Å². The van der Waals surface area contributed by atoms with Crippen LogP contribution in [0, 0.1) is 0 Å². The highest BCUT2D eigenvalue weighted by Crippen LogP contribution is 2.25. The zero-order valence-corrected chi connectivity index (χ0v) is 12.5. The fourth-order valence-electron chi connectivity index (χ4n) is 2.03. The van der Waals surface area contributed by atoms with Gasteiger partial charge in [-0.1, -0.05) is 0 Å². The van der Waals surface area contributed by atoms with Crippen molar-refractivity contribution in [2.24, 2.45) is 0 Å². The maximum absolute atomic E-state index is 5.81. The molecule has 3 aromatic rings. The molecule has 108 valence electrons. The normalized spacial score (nSPS) is 10.9. The van der Waals surface area contributed by atoms with E-state index in [1.807, 2.05) is 13.0 Å². The summed E-state index contributed by atoms with van der Waals surface area (Å²) in [5.41, 5.74) is 6.79. The molecule has 6 heteroatoms. The van der Waals surface area contributed by atoms with Gasteiger partial charge in [-0.25, -0.2) is 9.97 Å². The van der Waals surface area contributed by atoms with E-state index in [0.29, 0.717) is 30.7 Å². The third-order valence-electron chi connectivity index (χ3n) is 2.95. The van der Waals surface area contributed by atoms with Crippen molar-refractivity contribution in [2.45, 2.75) is 13.5 Å². The lowest BCUT2D eigenvalue weighted by atomic mass is 10.2. The molecular weight excluding hydrogens is 284 g/mol. The Balaban J connectivity index is 1.84. The van der Waals surface area contributed by atoms with Gasteiger partial charge in [0, 0.05) is 23.1 Å². The first kappa shape index (κ1) is 13.8. The quantitative estimate of drug-likeness (QED) is 0.754. The third kappa shape index (κ3) is 3.29. The van der Waals surface area contributed by atoms with Crippen LogP contribution < -0.4 is 11.1 Å². The Morgan fingerprint density at radius 2 is 2.14 bits per heavy atom. The summed E-state index contributed by atoms with van der Waals surface area (Å²) in [4.78, 5) is 8.57. The smallest absolute Gasteiger partial charge is 0.158 e. The molecule has 0 spiro atoms. The molecule has 3 N–H and O–H groups in total. The zero-order chi connectivity index (χ0) is 14.7. The molecule has 0 saturated heterocycles. The summed E-state index contributed by atoms with van der Waals surface area (Å²) in [6.45, 7) is 2.91. The lowest BCUT2D eigenvalue weighted by Crippen LogP contribution is -2.05. The van der Waals surface area contributed by atoms with Crippen molar-refractivity contribution in [1.29, 1.82) is 0 Å². The summed E-state index contributed by atoms with van der Waals surface area (Å²) in [6, 6.07) is 10.0. The summed E-state index contributed by atoms with van der Waals surface area (Å²) in [7, 11) is 0. The van der Waals surface area contributed by atoms with Crippen molar-refractivity contribution in [1.82, 2.24) is 9.97 Å². The van der Waals surface area contributed by atoms with Crippen molar-refractivity contribution < 1.29 is 4.74 Å². The molecule has 0 amide bonds. The van der Waals surface area contributed by atoms with E-state index in [2.05, 4.69) is 38.9 Å². The van der Waals surface area contributed by atoms with Crippen LogP contribution >= 0.6 is 11.3 Å². The highest BCUT2D eigenvalue weighted by molar-refractivity contribution is 7.17. The van der Waals surface area contributed by atoms with Crippen LogP contribution in [0.15, 0.2) is 35.7 Å². The number of anilines is 3. The van der Waals surface area contributed by atoms with Gasteiger partial charge in [-0.05, 0) is 42.0 Å². The first-order chi connectivity index (χ1) is 10.2. The number of nitrogens with one attached hydrogen (secondary N) is 1. The first-order valence-corrected chi connectivity index (χ1v) is 7.58. The highest BCUT2D eigenvalue weighted by atomic mass is 32.1. The average molecular weight is 300 g/mol. The first-order valence-electron chi connectivity index (χ1n) is 6.70. The number of nitrogens with zero attached hydrogens (tertiary/aromatic N) is 2. The van der Waals surface area contributed by atoms with Gasteiger partial charge in [0.25, 0.3) is 0 Å². The van der Waals surface area contributed by atoms with Crippen LogP contribution in [-0.4, -0.2) is 16.6 Å². The van der Waals surface area contributed by atoms with Gasteiger partial charge < -0.3 is 15.8 Å². The largest absolute Gasteiger partial charge is 0.384 e. The molecule has 0 aliphatic rings. The lowest BCUT2D eigenvalue weighted by molar-refractivity contribution is 0.128. The van der Waals surface area contributed by atoms with Gasteiger partial charge in [0.15, 0.2) is 5.82 Å². The van der Waals surface area contributed by atoms with Gasteiger partial charge in [0.2, 0.25) is 0 Å². The Morgan fingerprint density at radius 1 is 1.24 bits per heavy atom. The number of aromatic nitrogens is 2. The molecule has 0 aliphatic carbocycles. The second kappa shape index (κ2) is 6.07. The van der Waals surface area contributed by atoms with E-state index in [-0.39, 0.29) is 0 Å². The zero-order valence-electron chi connectivity index (χ0n) is 11.7. The average Bonchev–Trinajstić information content (AvgIpc) is 2.92. The topological polar surface area (TPSA) is 73.1 Å². The molecule has 0 bridgehead atoms. The van der Waals surface area contributed by atoms with Crippen LogP contribution in [0.25, 0.3) is 10.1 Å². The Labute approximate surface area is 126 Å². The fourth-order valence-corrected chi connectivity index (χ4v) is 2.80. The molecule has 0 unspecified atom stereocenters. The predicted octanol–water partition coefficient (Wildman–Crippen LogP) is 3.55. The van der Waals surface area contributed by atoms with Crippen molar-refractivity contribution in [2.75, 3.05) is 17.7 Å². The number of hydrogen-bond donors (Lipinski definition) is 2. The predicted molar refractivity (Wildman–Crippen MR) is 86.9 cm³/mol. The fraction of sp³-hybridized carbons (Fsp3) is 0.200. The molecule has 0 atom stereocenters. The van der Waals surface area contributed by atoms with Gasteiger partial charge in [0.1, 0.15) is 18.2 Å². The number of benzene rings is 1.